The Kier molecular flexibility index (Phi) is 9.33. The second-order valence-corrected chi connectivity index (χ2v) is 8.10. The molecular weight excluding hydrogens is 536 g/mol. The Labute approximate surface area is 217 Å². The number of ether oxygens (including phenoxy) is 2. The van der Waals surface area contributed by atoms with E-state index in [0.29, 0.717) is 22.6 Å². The maximum Gasteiger partial charge on any atom is 0.417 e. The third-order valence-electron chi connectivity index (χ3n) is 5.07. The Bertz CT molecular complexity index is 1240. The number of carbonyl (C=O) groups is 2. The van der Waals surface area contributed by atoms with E-state index in [1.807, 2.05) is 0 Å². The fraction of sp³-hybridized carbons (Fsp3) is 0.280. The smallest absolute Gasteiger partial charge is 0.417 e. The van der Waals surface area contributed by atoms with Crippen molar-refractivity contribution in [3.8, 4) is 5.75 Å². The second-order valence-electron chi connectivity index (χ2n) is 8.10. The molecule has 0 spiro atoms. The number of halogens is 6. The third-order valence-corrected chi connectivity index (χ3v) is 5.07. The Morgan fingerprint density at radius 3 is 2.00 bits per heavy atom. The van der Waals surface area contributed by atoms with Crippen molar-refractivity contribution in [3.05, 3.63) is 83.2 Å². The van der Waals surface area contributed by atoms with Crippen LogP contribution in [0.5, 0.6) is 5.75 Å². The molecular formula is C25H21F6N3O5. The summed E-state index contributed by atoms with van der Waals surface area (Å²) < 4.78 is 90.5. The van der Waals surface area contributed by atoms with Gasteiger partial charge in [0.15, 0.2) is 5.75 Å². The van der Waals surface area contributed by atoms with E-state index in [1.165, 1.54) is 0 Å². The molecule has 0 unspecified atom stereocenters. The average Bonchev–Trinajstić information content (AvgIpc) is 2.88. The molecule has 1 heterocycles. The molecule has 1 aromatic heterocycles. The number of anilines is 1. The Morgan fingerprint density at radius 1 is 0.872 bits per heavy atom. The van der Waals surface area contributed by atoms with E-state index < -0.39 is 47.7 Å². The highest BCUT2D eigenvalue weighted by molar-refractivity contribution is 5.85. The number of hydrogen-bond donors (Lipinski definition) is 1. The fourth-order valence-electron chi connectivity index (χ4n) is 3.24. The first-order chi connectivity index (χ1) is 18.3. The normalized spacial score (nSPS) is 11.6. The van der Waals surface area contributed by atoms with E-state index in [1.54, 1.807) is 30.3 Å². The van der Waals surface area contributed by atoms with Crippen molar-refractivity contribution in [2.75, 3.05) is 11.5 Å². The number of amides is 1. The molecule has 39 heavy (non-hydrogen) atoms. The van der Waals surface area contributed by atoms with Gasteiger partial charge in [0.05, 0.1) is 36.7 Å². The van der Waals surface area contributed by atoms with Gasteiger partial charge >= 0.3 is 24.4 Å². The van der Waals surface area contributed by atoms with E-state index >= 15 is 0 Å². The number of carboxylic acids is 1. The van der Waals surface area contributed by atoms with Crippen LogP contribution in [0.25, 0.3) is 0 Å². The maximum atomic E-state index is 13.3. The lowest BCUT2D eigenvalue weighted by molar-refractivity contribution is -0.143. The molecule has 0 aliphatic carbocycles. The molecule has 208 valence electrons. The standard InChI is InChI=1S/C25H21F6N3O5/c26-24(27,28)18-9-17(10-19(11-18)25(29,30)31)14-34(23(37)39-15-16-5-2-1-3-6-16)22-32-12-20(13-33-22)38-8-4-7-21(35)36/h1-3,5-6,9-13H,4,7-8,14-15H2,(H,35,36). The van der Waals surface area contributed by atoms with Crippen molar-refractivity contribution >= 4 is 18.0 Å². The first-order valence-corrected chi connectivity index (χ1v) is 11.3. The number of alkyl halides is 6. The lowest BCUT2D eigenvalue weighted by atomic mass is 10.0. The van der Waals surface area contributed by atoms with Gasteiger partial charge in [-0.25, -0.2) is 19.7 Å². The van der Waals surface area contributed by atoms with Crippen LogP contribution in [0.1, 0.15) is 35.1 Å². The van der Waals surface area contributed by atoms with Crippen LogP contribution in [0.15, 0.2) is 60.9 Å². The molecule has 1 amide bonds. The molecule has 0 saturated heterocycles. The van der Waals surface area contributed by atoms with Crippen molar-refractivity contribution < 1.29 is 50.5 Å². The van der Waals surface area contributed by atoms with Crippen LogP contribution in [0.4, 0.5) is 37.1 Å². The molecule has 3 aromatic rings. The molecule has 0 aliphatic heterocycles. The van der Waals surface area contributed by atoms with Gasteiger partial charge in [-0.05, 0) is 35.7 Å². The summed E-state index contributed by atoms with van der Waals surface area (Å²) in [5, 5.41) is 8.67. The molecule has 8 nitrogen and oxygen atoms in total. The van der Waals surface area contributed by atoms with Crippen LogP contribution in [-0.2, 0) is 35.0 Å². The summed E-state index contributed by atoms with van der Waals surface area (Å²) in [4.78, 5) is 32.1. The predicted octanol–water partition coefficient (Wildman–Crippen LogP) is 6.10. The minimum atomic E-state index is -5.08. The molecule has 0 bridgehead atoms. The SMILES string of the molecule is O=C(O)CCCOc1cnc(N(Cc2cc(C(F)(F)F)cc(C(F)(F)F)c2)C(=O)OCc2ccccc2)nc1. The predicted molar refractivity (Wildman–Crippen MR) is 124 cm³/mol. The highest BCUT2D eigenvalue weighted by atomic mass is 19.4. The van der Waals surface area contributed by atoms with Gasteiger partial charge in [0.1, 0.15) is 6.61 Å². The van der Waals surface area contributed by atoms with Gasteiger partial charge in [-0.3, -0.25) is 4.79 Å². The van der Waals surface area contributed by atoms with Crippen molar-refractivity contribution in [1.29, 1.82) is 0 Å². The van der Waals surface area contributed by atoms with E-state index in [9.17, 15) is 35.9 Å². The molecule has 2 aromatic carbocycles. The highest BCUT2D eigenvalue weighted by Gasteiger charge is 2.37. The summed E-state index contributed by atoms with van der Waals surface area (Å²) in [6.45, 7) is -1.00. The summed E-state index contributed by atoms with van der Waals surface area (Å²) in [5.41, 5.74) is -3.01. The first-order valence-electron chi connectivity index (χ1n) is 11.3. The van der Waals surface area contributed by atoms with Crippen molar-refractivity contribution in [2.45, 2.75) is 38.3 Å². The number of carboxylic acid groups (broad SMARTS) is 1. The van der Waals surface area contributed by atoms with E-state index in [-0.39, 0.29) is 43.8 Å². The van der Waals surface area contributed by atoms with Crippen LogP contribution in [0, 0.1) is 0 Å². The summed E-state index contributed by atoms with van der Waals surface area (Å²) >= 11 is 0. The number of aliphatic carboxylic acids is 1. The third kappa shape index (κ3) is 8.86. The lowest BCUT2D eigenvalue weighted by Crippen LogP contribution is -2.32. The summed E-state index contributed by atoms with van der Waals surface area (Å²) in [6, 6.07) is 9.34. The first kappa shape index (κ1) is 29.2. The van der Waals surface area contributed by atoms with Gasteiger partial charge in [-0.2, -0.15) is 26.3 Å². The molecule has 3 rings (SSSR count). The number of rotatable bonds is 10. The molecule has 14 heteroatoms. The van der Waals surface area contributed by atoms with Crippen LogP contribution in [0.2, 0.25) is 0 Å². The summed E-state index contributed by atoms with van der Waals surface area (Å²) in [6.07, 6.45) is -9.00. The van der Waals surface area contributed by atoms with Gasteiger partial charge in [0, 0.05) is 6.42 Å². The molecule has 0 fully saturated rings. The zero-order chi connectivity index (χ0) is 28.6. The second kappa shape index (κ2) is 12.5. The average molecular weight is 557 g/mol. The zero-order valence-electron chi connectivity index (χ0n) is 20.0. The molecule has 0 radical (unpaired) electrons. The monoisotopic (exact) mass is 557 g/mol. The maximum absolute atomic E-state index is 13.3. The van der Waals surface area contributed by atoms with Gasteiger partial charge in [-0.1, -0.05) is 30.3 Å². The minimum absolute atomic E-state index is 0.0162. The fourth-order valence-corrected chi connectivity index (χ4v) is 3.24. The summed E-state index contributed by atoms with van der Waals surface area (Å²) in [5.74, 6) is -1.30. The summed E-state index contributed by atoms with van der Waals surface area (Å²) in [7, 11) is 0. The number of benzene rings is 2. The minimum Gasteiger partial charge on any atom is -0.490 e. The van der Waals surface area contributed by atoms with Gasteiger partial charge in [-0.15, -0.1) is 0 Å². The van der Waals surface area contributed by atoms with Crippen LogP contribution in [0.3, 0.4) is 0 Å². The Balaban J connectivity index is 1.89. The van der Waals surface area contributed by atoms with Crippen molar-refractivity contribution in [2.24, 2.45) is 0 Å². The van der Waals surface area contributed by atoms with E-state index in [4.69, 9.17) is 14.6 Å². The number of nitrogens with zero attached hydrogens (tertiary/aromatic N) is 3. The zero-order valence-corrected chi connectivity index (χ0v) is 20.0. The van der Waals surface area contributed by atoms with Crippen LogP contribution >= 0.6 is 0 Å². The van der Waals surface area contributed by atoms with E-state index in [0.717, 1.165) is 12.4 Å². The van der Waals surface area contributed by atoms with Gasteiger partial charge in [0.2, 0.25) is 5.95 Å². The Morgan fingerprint density at radius 2 is 1.46 bits per heavy atom. The molecule has 0 atom stereocenters. The topological polar surface area (TPSA) is 102 Å². The molecule has 1 N–H and O–H groups in total. The van der Waals surface area contributed by atoms with Gasteiger partial charge < -0.3 is 14.6 Å². The number of hydrogen-bond acceptors (Lipinski definition) is 6. The van der Waals surface area contributed by atoms with Crippen LogP contribution < -0.4 is 9.64 Å². The van der Waals surface area contributed by atoms with E-state index in [2.05, 4.69) is 9.97 Å². The lowest BCUT2D eigenvalue weighted by Gasteiger charge is -2.22. The molecule has 0 saturated carbocycles. The number of carbonyl (C=O) groups excluding carboxylic acids is 1. The largest absolute Gasteiger partial charge is 0.490 e. The van der Waals surface area contributed by atoms with Gasteiger partial charge in [0.25, 0.3) is 0 Å². The van der Waals surface area contributed by atoms with Crippen molar-refractivity contribution in [3.63, 3.8) is 0 Å². The quantitative estimate of drug-likeness (QED) is 0.237. The van der Waals surface area contributed by atoms with Crippen molar-refractivity contribution in [1.82, 2.24) is 9.97 Å². The van der Waals surface area contributed by atoms with Crippen LogP contribution in [-0.4, -0.2) is 33.7 Å². The number of aromatic nitrogens is 2. The molecule has 0 aliphatic rings. The Hall–Kier alpha value is -4.36. The highest BCUT2D eigenvalue weighted by Crippen LogP contribution is 2.36.